The number of piperazine rings is 1. The summed E-state index contributed by atoms with van der Waals surface area (Å²) < 4.78 is 93.5. The Morgan fingerprint density at radius 1 is 0.918 bits per heavy atom. The number of carbonyl (C=O) groups is 6. The van der Waals surface area contributed by atoms with E-state index in [2.05, 4.69) is 15.5 Å². The highest BCUT2D eigenvalue weighted by molar-refractivity contribution is 6.23. The number of piperidine rings is 2. The first-order valence-electron chi connectivity index (χ1n) is 23.8. The van der Waals surface area contributed by atoms with Crippen LogP contribution in [0.5, 0.6) is 0 Å². The number of halogens is 1. The summed E-state index contributed by atoms with van der Waals surface area (Å²) in [5.74, 6) is -6.01. The molecular weight excluding hydrogens is 786 g/mol. The van der Waals surface area contributed by atoms with Gasteiger partial charge in [0.1, 0.15) is 11.9 Å². The molecule has 5 aliphatic rings. The Morgan fingerprint density at radius 3 is 2.31 bits per heavy atom. The Balaban J connectivity index is 0.840. The Bertz CT molecular complexity index is 2750. The van der Waals surface area contributed by atoms with Crippen LogP contribution in [0.1, 0.15) is 90.6 Å². The molecule has 1 unspecified atom stereocenters. The summed E-state index contributed by atoms with van der Waals surface area (Å²) in [7, 11) is 1.47. The molecule has 0 aliphatic carbocycles. The maximum Gasteiger partial charge on any atom is 0.262 e. The Kier molecular flexibility index (Phi) is 8.52. The van der Waals surface area contributed by atoms with Crippen LogP contribution in [0.15, 0.2) is 66.7 Å². The summed E-state index contributed by atoms with van der Waals surface area (Å²) in [6.45, 7) is -12.8. The Hall–Kier alpha value is -6.46. The van der Waals surface area contributed by atoms with Crippen LogP contribution in [0.4, 0.5) is 21.6 Å². The molecule has 3 fully saturated rings. The molecule has 61 heavy (non-hydrogen) atoms. The number of methoxy groups -OCH3 is 1. The van der Waals surface area contributed by atoms with Crippen molar-refractivity contribution in [3.05, 3.63) is 106 Å². The van der Waals surface area contributed by atoms with Gasteiger partial charge in [0.25, 0.3) is 23.6 Å². The normalized spacial score (nSPS) is 25.4. The lowest BCUT2D eigenvalue weighted by molar-refractivity contribution is -0.143. The van der Waals surface area contributed by atoms with Crippen LogP contribution in [-0.2, 0) is 32.2 Å². The molecule has 5 aliphatic heterocycles. The fourth-order valence-corrected chi connectivity index (χ4v) is 8.35. The summed E-state index contributed by atoms with van der Waals surface area (Å²) in [5.41, 5.74) is 1.10. The highest BCUT2D eigenvalue weighted by Gasteiger charge is 2.45. The zero-order chi connectivity index (χ0) is 49.5. The second-order valence-corrected chi connectivity index (χ2v) is 15.4. The van der Waals surface area contributed by atoms with E-state index in [1.807, 2.05) is 40.5 Å². The van der Waals surface area contributed by atoms with Crippen LogP contribution in [0.25, 0.3) is 0 Å². The van der Waals surface area contributed by atoms with E-state index in [1.54, 1.807) is 29.2 Å². The van der Waals surface area contributed by atoms with Gasteiger partial charge in [-0.15, -0.1) is 0 Å². The van der Waals surface area contributed by atoms with Crippen molar-refractivity contribution < 1.29 is 48.9 Å². The minimum Gasteiger partial charge on any atom is -0.372 e. The first kappa shape index (κ1) is 31.4. The minimum atomic E-state index is -3.49. The third-order valence-corrected chi connectivity index (χ3v) is 11.6. The lowest BCUT2D eigenvalue weighted by Crippen LogP contribution is -2.54. The predicted molar refractivity (Wildman–Crippen MR) is 220 cm³/mol. The third kappa shape index (κ3) is 7.74. The first-order valence-corrected chi connectivity index (χ1v) is 19.8. The molecule has 3 saturated heterocycles. The van der Waals surface area contributed by atoms with Crippen molar-refractivity contribution in [2.24, 2.45) is 5.92 Å². The van der Waals surface area contributed by atoms with Gasteiger partial charge in [-0.1, -0.05) is 30.3 Å². The van der Waals surface area contributed by atoms with Gasteiger partial charge in [0.05, 0.1) is 41.1 Å². The molecule has 3 N–H and O–H groups in total. The number of imide groups is 2. The zero-order valence-electron chi connectivity index (χ0n) is 40.9. The number of benzene rings is 3. The SMILES string of the molecule is [2H]C1([2H])N(CC2CCN(c3ccc(C(=O)Nc4n[nH]c5c4CN(C(=O)[C@H](OC)c4ccccc4)C5)cc3)CC2)C([2H])([2H])C([2H])([2H])N(c2cc3c(cc2F)C(=O)N(C2CCC(=O)NC2=O)C3=O)C1([2H])[2H]. The fourth-order valence-electron chi connectivity index (χ4n) is 8.35. The van der Waals surface area contributed by atoms with Gasteiger partial charge in [-0.2, -0.15) is 5.10 Å². The van der Waals surface area contributed by atoms with E-state index >= 15 is 4.39 Å². The molecule has 1 aromatic heterocycles. The lowest BCUT2D eigenvalue weighted by Gasteiger charge is -2.40. The van der Waals surface area contributed by atoms with Crippen LogP contribution < -0.4 is 20.4 Å². The summed E-state index contributed by atoms with van der Waals surface area (Å²) >= 11 is 0. The standard InChI is InChI=1S/C44H46FN9O7/c1-61-38(27-5-3-2-4-6-27)44(60)53-24-32-34(25-53)48-49-39(32)47-40(56)28-7-9-29(10-8-28)51-15-13-26(14-16-51)23-50-17-19-52(20-18-50)36-22-31-30(21-33(36)45)42(58)54(43(31)59)35-11-12-37(55)46-41(35)57/h2-10,21-22,26,35,38H,11-20,23-25H2,1H3,(H,46,55,57)(H2,47,48,49,56)/t35?,38-/m1/s1/i17D2,18D2,19D2,20D2. The molecule has 0 radical (unpaired) electrons. The number of anilines is 3. The van der Waals surface area contributed by atoms with Crippen molar-refractivity contribution in [3.8, 4) is 0 Å². The van der Waals surface area contributed by atoms with Crippen LogP contribution in [0.2, 0.25) is 0 Å². The van der Waals surface area contributed by atoms with E-state index in [9.17, 15) is 28.8 Å². The summed E-state index contributed by atoms with van der Waals surface area (Å²) in [6.07, 6.45) is -0.471. The highest BCUT2D eigenvalue weighted by Crippen LogP contribution is 2.34. The van der Waals surface area contributed by atoms with Gasteiger partial charge < -0.3 is 24.8 Å². The number of H-pyrrole nitrogens is 1. The van der Waals surface area contributed by atoms with Crippen LogP contribution in [-0.4, -0.2) is 119 Å². The Morgan fingerprint density at radius 2 is 1.62 bits per heavy atom. The number of ether oxygens (including phenoxy) is 1. The van der Waals surface area contributed by atoms with Gasteiger partial charge in [0, 0.05) is 81.4 Å². The van der Waals surface area contributed by atoms with E-state index < -0.39 is 103 Å². The Labute approximate surface area is 362 Å². The molecule has 0 saturated carbocycles. The first-order chi connectivity index (χ1) is 32.6. The molecule has 17 heteroatoms. The summed E-state index contributed by atoms with van der Waals surface area (Å²) in [4.78, 5) is 82.6. The van der Waals surface area contributed by atoms with Crippen molar-refractivity contribution in [1.82, 2.24) is 30.2 Å². The van der Waals surface area contributed by atoms with E-state index in [4.69, 9.17) is 15.7 Å². The number of hydrogen-bond acceptors (Lipinski definition) is 11. The van der Waals surface area contributed by atoms with Crippen LogP contribution in [0, 0.1) is 11.7 Å². The second-order valence-electron chi connectivity index (χ2n) is 15.4. The number of fused-ring (bicyclic) bond motifs is 2. The second kappa shape index (κ2) is 16.5. The average Bonchev–Trinajstić information content (AvgIpc) is 3.97. The number of nitrogens with one attached hydrogen (secondary N) is 3. The van der Waals surface area contributed by atoms with Crippen molar-refractivity contribution in [2.75, 3.05) is 67.8 Å². The zero-order valence-corrected chi connectivity index (χ0v) is 32.9. The highest BCUT2D eigenvalue weighted by atomic mass is 19.1. The van der Waals surface area contributed by atoms with Gasteiger partial charge in [-0.3, -0.25) is 49.0 Å². The number of aromatic nitrogens is 2. The summed E-state index contributed by atoms with van der Waals surface area (Å²) in [5, 5.41) is 12.0. The average molecular weight is 840 g/mol. The minimum absolute atomic E-state index is 0.00644. The molecule has 16 nitrogen and oxygen atoms in total. The quantitative estimate of drug-likeness (QED) is 0.199. The fraction of sp³-hybridized carbons (Fsp3) is 0.386. The van der Waals surface area contributed by atoms with Crippen molar-refractivity contribution in [2.45, 2.75) is 50.9 Å². The number of rotatable bonds is 10. The molecule has 6 amide bonds. The molecule has 4 aromatic rings. The number of nitrogens with zero attached hydrogens (tertiary/aromatic N) is 6. The molecule has 9 rings (SSSR count). The maximum atomic E-state index is 16.1. The molecule has 3 aromatic carbocycles. The van der Waals surface area contributed by atoms with Gasteiger partial charge in [-0.05, 0) is 67.1 Å². The van der Waals surface area contributed by atoms with Crippen molar-refractivity contribution in [1.29, 1.82) is 0 Å². The monoisotopic (exact) mass is 839 g/mol. The van der Waals surface area contributed by atoms with Crippen molar-refractivity contribution in [3.63, 3.8) is 0 Å². The van der Waals surface area contributed by atoms with Crippen LogP contribution >= 0.6 is 0 Å². The number of hydrogen-bond donors (Lipinski definition) is 3. The smallest absolute Gasteiger partial charge is 0.262 e. The predicted octanol–water partition coefficient (Wildman–Crippen LogP) is 3.47. The van der Waals surface area contributed by atoms with E-state index in [1.165, 1.54) is 7.11 Å². The molecule has 0 bridgehead atoms. The number of amides is 6. The number of aromatic amines is 1. The van der Waals surface area contributed by atoms with Crippen LogP contribution in [0.3, 0.4) is 0 Å². The van der Waals surface area contributed by atoms with Gasteiger partial charge in [0.15, 0.2) is 11.9 Å². The number of carbonyl (C=O) groups excluding carboxylic acids is 6. The molecule has 6 heterocycles. The largest absolute Gasteiger partial charge is 0.372 e. The molecule has 0 spiro atoms. The lowest BCUT2D eigenvalue weighted by atomic mass is 9.95. The summed E-state index contributed by atoms with van der Waals surface area (Å²) in [6, 6.07) is 15.7. The van der Waals surface area contributed by atoms with E-state index in [-0.39, 0.29) is 36.7 Å². The topological polar surface area (TPSA) is 181 Å². The molecule has 2 atom stereocenters. The molecule has 316 valence electrons. The van der Waals surface area contributed by atoms with Gasteiger partial charge >= 0.3 is 0 Å². The van der Waals surface area contributed by atoms with Gasteiger partial charge in [0.2, 0.25) is 11.8 Å². The third-order valence-electron chi connectivity index (χ3n) is 11.6. The van der Waals surface area contributed by atoms with E-state index in [0.717, 1.165) is 11.3 Å². The molecular formula is C44H46FN9O7. The van der Waals surface area contributed by atoms with Crippen molar-refractivity contribution >= 4 is 52.6 Å². The van der Waals surface area contributed by atoms with Gasteiger partial charge in [-0.25, -0.2) is 4.39 Å². The van der Waals surface area contributed by atoms with E-state index in [0.29, 0.717) is 70.5 Å². The maximum absolute atomic E-state index is 16.1.